The predicted molar refractivity (Wildman–Crippen MR) is 66.3 cm³/mol. The summed E-state index contributed by atoms with van der Waals surface area (Å²) in [7, 11) is 0. The first-order chi connectivity index (χ1) is 6.83. The fourth-order valence-electron chi connectivity index (χ4n) is 1.11. The predicted octanol–water partition coefficient (Wildman–Crippen LogP) is 3.38. The van der Waals surface area contributed by atoms with Crippen LogP contribution in [0, 0.1) is 0 Å². The standard InChI is InChI=1S/C11H15IO2/c12-8-2-1-3-9-14-11-6-4-10(13)5-7-11/h4-7,13H,1-3,8-9H2. The SMILES string of the molecule is Oc1ccc(OCCCCCI)cc1. The van der Waals surface area contributed by atoms with E-state index in [0.29, 0.717) is 0 Å². The zero-order valence-corrected chi connectivity index (χ0v) is 10.2. The second kappa shape index (κ2) is 6.92. The summed E-state index contributed by atoms with van der Waals surface area (Å²) in [6, 6.07) is 6.85. The van der Waals surface area contributed by atoms with Gasteiger partial charge in [-0.05, 0) is 48.0 Å². The van der Waals surface area contributed by atoms with E-state index in [0.717, 1.165) is 18.8 Å². The average Bonchev–Trinajstić information content (AvgIpc) is 2.21. The van der Waals surface area contributed by atoms with Crippen molar-refractivity contribution in [3.63, 3.8) is 0 Å². The minimum absolute atomic E-state index is 0.280. The van der Waals surface area contributed by atoms with Gasteiger partial charge in [0.05, 0.1) is 6.61 Å². The molecule has 0 bridgehead atoms. The van der Waals surface area contributed by atoms with Crippen LogP contribution in [0.25, 0.3) is 0 Å². The molecule has 0 atom stereocenters. The smallest absolute Gasteiger partial charge is 0.119 e. The van der Waals surface area contributed by atoms with Crippen LogP contribution in [0.5, 0.6) is 11.5 Å². The minimum Gasteiger partial charge on any atom is -0.508 e. The number of halogens is 1. The summed E-state index contributed by atoms with van der Waals surface area (Å²) in [6.45, 7) is 0.765. The van der Waals surface area contributed by atoms with Crippen LogP contribution in [0.1, 0.15) is 19.3 Å². The highest BCUT2D eigenvalue weighted by Crippen LogP contribution is 2.16. The molecule has 0 spiro atoms. The molecule has 0 unspecified atom stereocenters. The summed E-state index contributed by atoms with van der Waals surface area (Å²) < 4.78 is 6.71. The third-order valence-corrected chi connectivity index (χ3v) is 2.65. The number of aromatic hydroxyl groups is 1. The Balaban J connectivity index is 2.15. The van der Waals surface area contributed by atoms with Crippen molar-refractivity contribution in [2.75, 3.05) is 11.0 Å². The van der Waals surface area contributed by atoms with Crippen molar-refractivity contribution in [2.45, 2.75) is 19.3 Å². The van der Waals surface area contributed by atoms with Crippen LogP contribution < -0.4 is 4.74 Å². The number of unbranched alkanes of at least 4 members (excludes halogenated alkanes) is 2. The van der Waals surface area contributed by atoms with E-state index in [1.54, 1.807) is 24.3 Å². The Morgan fingerprint density at radius 1 is 1.07 bits per heavy atom. The van der Waals surface area contributed by atoms with Crippen molar-refractivity contribution in [3.8, 4) is 11.5 Å². The Bertz CT molecular complexity index is 246. The molecule has 1 N–H and O–H groups in total. The molecule has 2 nitrogen and oxygen atoms in total. The Morgan fingerprint density at radius 2 is 1.79 bits per heavy atom. The highest BCUT2D eigenvalue weighted by Gasteiger charge is 1.93. The van der Waals surface area contributed by atoms with Gasteiger partial charge in [0.2, 0.25) is 0 Å². The molecular formula is C11H15IO2. The van der Waals surface area contributed by atoms with E-state index in [2.05, 4.69) is 22.6 Å². The number of hydrogen-bond donors (Lipinski definition) is 1. The molecule has 0 saturated carbocycles. The lowest BCUT2D eigenvalue weighted by molar-refractivity contribution is 0.306. The summed E-state index contributed by atoms with van der Waals surface area (Å²) >= 11 is 2.39. The second-order valence-electron chi connectivity index (χ2n) is 3.09. The van der Waals surface area contributed by atoms with Crippen molar-refractivity contribution in [3.05, 3.63) is 24.3 Å². The van der Waals surface area contributed by atoms with Gasteiger partial charge in [-0.1, -0.05) is 22.6 Å². The van der Waals surface area contributed by atoms with Crippen LogP contribution in [0.4, 0.5) is 0 Å². The van der Waals surface area contributed by atoms with Crippen LogP contribution in [-0.4, -0.2) is 16.1 Å². The molecule has 1 rings (SSSR count). The zero-order chi connectivity index (χ0) is 10.2. The summed E-state index contributed by atoms with van der Waals surface area (Å²) in [6.07, 6.45) is 3.59. The van der Waals surface area contributed by atoms with Gasteiger partial charge in [-0.15, -0.1) is 0 Å². The number of alkyl halides is 1. The number of ether oxygens (including phenoxy) is 1. The Hall–Kier alpha value is -0.450. The Morgan fingerprint density at radius 3 is 2.43 bits per heavy atom. The second-order valence-corrected chi connectivity index (χ2v) is 4.17. The van der Waals surface area contributed by atoms with Gasteiger partial charge in [0.25, 0.3) is 0 Å². The van der Waals surface area contributed by atoms with Gasteiger partial charge in [0, 0.05) is 0 Å². The van der Waals surface area contributed by atoms with Crippen LogP contribution in [0.2, 0.25) is 0 Å². The number of rotatable bonds is 6. The molecule has 0 aliphatic carbocycles. The van der Waals surface area contributed by atoms with E-state index in [4.69, 9.17) is 9.84 Å². The molecular weight excluding hydrogens is 291 g/mol. The molecule has 3 heteroatoms. The van der Waals surface area contributed by atoms with E-state index >= 15 is 0 Å². The van der Waals surface area contributed by atoms with Gasteiger partial charge in [0.15, 0.2) is 0 Å². The van der Waals surface area contributed by atoms with Gasteiger partial charge in [0.1, 0.15) is 11.5 Å². The van der Waals surface area contributed by atoms with Gasteiger partial charge in [-0.3, -0.25) is 0 Å². The number of benzene rings is 1. The molecule has 0 fully saturated rings. The third-order valence-electron chi connectivity index (χ3n) is 1.88. The van der Waals surface area contributed by atoms with E-state index in [1.807, 2.05) is 0 Å². The fraction of sp³-hybridized carbons (Fsp3) is 0.455. The van der Waals surface area contributed by atoms with Gasteiger partial charge in [-0.25, -0.2) is 0 Å². The molecule has 0 saturated heterocycles. The molecule has 0 amide bonds. The summed E-state index contributed by atoms with van der Waals surface area (Å²) in [5.74, 6) is 1.11. The first-order valence-electron chi connectivity index (χ1n) is 4.81. The summed E-state index contributed by atoms with van der Waals surface area (Å²) in [4.78, 5) is 0. The molecule has 0 radical (unpaired) electrons. The summed E-state index contributed by atoms with van der Waals surface area (Å²) in [5, 5.41) is 9.04. The lowest BCUT2D eigenvalue weighted by Crippen LogP contribution is -1.96. The highest BCUT2D eigenvalue weighted by atomic mass is 127. The largest absolute Gasteiger partial charge is 0.508 e. The van der Waals surface area contributed by atoms with Crippen molar-refractivity contribution in [2.24, 2.45) is 0 Å². The molecule has 78 valence electrons. The first-order valence-corrected chi connectivity index (χ1v) is 6.33. The maximum atomic E-state index is 9.04. The van der Waals surface area contributed by atoms with Crippen molar-refractivity contribution < 1.29 is 9.84 Å². The molecule has 0 aliphatic heterocycles. The lowest BCUT2D eigenvalue weighted by atomic mass is 10.3. The van der Waals surface area contributed by atoms with Crippen molar-refractivity contribution >= 4 is 22.6 Å². The van der Waals surface area contributed by atoms with Crippen LogP contribution in [0.15, 0.2) is 24.3 Å². The van der Waals surface area contributed by atoms with E-state index in [1.165, 1.54) is 17.3 Å². The average molecular weight is 306 g/mol. The molecule has 0 aromatic heterocycles. The molecule has 1 aromatic carbocycles. The molecule has 1 aromatic rings. The number of hydrogen-bond acceptors (Lipinski definition) is 2. The molecule has 0 heterocycles. The maximum absolute atomic E-state index is 9.04. The van der Waals surface area contributed by atoms with E-state index in [-0.39, 0.29) is 5.75 Å². The monoisotopic (exact) mass is 306 g/mol. The van der Waals surface area contributed by atoms with Gasteiger partial charge in [-0.2, -0.15) is 0 Å². The molecule has 14 heavy (non-hydrogen) atoms. The minimum atomic E-state index is 0.280. The van der Waals surface area contributed by atoms with Crippen molar-refractivity contribution in [1.82, 2.24) is 0 Å². The number of phenols is 1. The summed E-state index contributed by atoms with van der Waals surface area (Å²) in [5.41, 5.74) is 0. The topological polar surface area (TPSA) is 29.5 Å². The van der Waals surface area contributed by atoms with E-state index in [9.17, 15) is 0 Å². The van der Waals surface area contributed by atoms with Crippen molar-refractivity contribution in [1.29, 1.82) is 0 Å². The Labute approximate surface area is 98.4 Å². The maximum Gasteiger partial charge on any atom is 0.119 e. The number of phenolic OH excluding ortho intramolecular Hbond substituents is 1. The van der Waals surface area contributed by atoms with Crippen LogP contribution in [0.3, 0.4) is 0 Å². The zero-order valence-electron chi connectivity index (χ0n) is 8.08. The fourth-order valence-corrected chi connectivity index (χ4v) is 1.65. The lowest BCUT2D eigenvalue weighted by Gasteiger charge is -2.05. The normalized spacial score (nSPS) is 10.1. The van der Waals surface area contributed by atoms with Crippen LogP contribution >= 0.6 is 22.6 Å². The highest BCUT2D eigenvalue weighted by molar-refractivity contribution is 14.1. The van der Waals surface area contributed by atoms with E-state index < -0.39 is 0 Å². The first kappa shape index (κ1) is 11.6. The quantitative estimate of drug-likeness (QED) is 0.496. The van der Waals surface area contributed by atoms with Gasteiger partial charge < -0.3 is 9.84 Å². The third kappa shape index (κ3) is 4.69. The Kier molecular flexibility index (Phi) is 5.75. The molecule has 0 aliphatic rings. The van der Waals surface area contributed by atoms with Gasteiger partial charge >= 0.3 is 0 Å². The van der Waals surface area contributed by atoms with Crippen LogP contribution in [-0.2, 0) is 0 Å².